The third-order valence-corrected chi connectivity index (χ3v) is 18.6. The first kappa shape index (κ1) is 95.4. The summed E-state index contributed by atoms with van der Waals surface area (Å²) in [6.45, 7) is -7.87. The molecule has 0 saturated carbocycles. The molecule has 60 nitrogen and oxygen atoms in total. The van der Waals surface area contributed by atoms with Crippen LogP contribution in [0.4, 0.5) is 0 Å². The highest BCUT2D eigenvalue weighted by molar-refractivity contribution is 7.83. The molecule has 0 spiro atoms. The van der Waals surface area contributed by atoms with Gasteiger partial charge in [-0.05, 0) is 6.42 Å². The van der Waals surface area contributed by atoms with Crippen LogP contribution in [0.3, 0.4) is 0 Å². The molecule has 0 amide bonds. The van der Waals surface area contributed by atoms with Gasteiger partial charge in [-0.2, -0.15) is 109 Å². The highest BCUT2D eigenvalue weighted by Crippen LogP contribution is 2.42. The Morgan fingerprint density at radius 2 is 0.419 bits per heavy atom. The van der Waals surface area contributed by atoms with Crippen molar-refractivity contribution < 1.29 is 261 Å². The summed E-state index contributed by atoms with van der Waals surface area (Å²) in [6.07, 6.45) is -69.5. The minimum absolute atomic E-state index is 0.151. The number of hydrogen-bond acceptors (Lipinski definition) is 47. The molecule has 0 unspecified atom stereocenters. The molecule has 4 heterocycles. The van der Waals surface area contributed by atoms with Crippen molar-refractivity contribution in [2.45, 2.75) is 168 Å². The van der Waals surface area contributed by atoms with Crippen LogP contribution in [-0.4, -0.2) is 324 Å². The largest absolute Gasteiger partial charge is 0.397 e. The Morgan fingerprint density at radius 1 is 0.229 bits per heavy atom. The molecule has 13 N–H and O–H groups in total. The standard InChI is InChI=1S/C32H58O60S13/c1-2-3-4-5-6-7-8-72-29-25(89-102(60,61)62)21(17(84-97(45,46)47)13(77-29)9-73-93(33,34)35)81-30-26(90-103(63,64)65)22(18(85-98(48,49)50)14(78-30)10-74-94(36,37)38)82-31-27(91-104(66,67)68)23(19(86-99(51,52)53)15(79-31)11-75-95(39,40)41)83-32-28(92-105(69,70)71)24(88-101(57,58)59)20(87-100(54,55)56)16(80-32)12-76-96(42,43)44/h13-32H,2-12H2,1H3,(H,33,34,35)(H,36,37,38)(H,39,40,41)(H,42,43,44)(H,45,46,47)(H,48,49,50)(H,51,52,53)(H,54,55,56)(H,57,58,59)(H,60,61,62)(H,63,64,65)(H,66,67,68)(H,69,70,71)/t13-,14-,15-,16-,17-,18-,19-,20-,21+,22+,23+,24+,25-,26-,27-,28-,29-,30+,31+,32+/m1/s1. The Labute approximate surface area is 593 Å². The van der Waals surface area contributed by atoms with Gasteiger partial charge in [0.05, 0.1) is 26.4 Å². The Morgan fingerprint density at radius 3 is 0.657 bits per heavy atom. The molecule has 4 rings (SSSR count). The molecule has 0 aromatic rings. The number of rotatable bonds is 44. The van der Waals surface area contributed by atoms with Crippen molar-refractivity contribution in [2.75, 3.05) is 33.0 Å². The smallest absolute Gasteiger partial charge is 0.350 e. The minimum Gasteiger partial charge on any atom is -0.350 e. The molecule has 4 aliphatic heterocycles. The van der Waals surface area contributed by atoms with Gasteiger partial charge in [-0.15, -0.1) is 0 Å². The zero-order valence-electron chi connectivity index (χ0n) is 50.6. The van der Waals surface area contributed by atoms with Crippen molar-refractivity contribution in [2.24, 2.45) is 0 Å². The topological polar surface area (TPSA) is 901 Å². The van der Waals surface area contributed by atoms with E-state index in [4.69, 9.17) is 37.9 Å². The normalized spacial score (nSPS) is 31.5. The van der Waals surface area contributed by atoms with E-state index in [1.54, 1.807) is 6.92 Å². The van der Waals surface area contributed by atoms with Crippen molar-refractivity contribution in [3.63, 3.8) is 0 Å². The fourth-order valence-electron chi connectivity index (χ4n) is 9.39. The van der Waals surface area contributed by atoms with Crippen molar-refractivity contribution in [1.82, 2.24) is 0 Å². The van der Waals surface area contributed by atoms with Crippen molar-refractivity contribution in [3.05, 3.63) is 0 Å². The Hall–Kier alpha value is -2.01. The first-order valence-corrected chi connectivity index (χ1v) is 44.4. The predicted molar refractivity (Wildman–Crippen MR) is 306 cm³/mol. The third-order valence-electron chi connectivity index (χ3n) is 12.6. The van der Waals surface area contributed by atoms with E-state index in [1.165, 1.54) is 0 Å². The first-order valence-electron chi connectivity index (χ1n) is 26.6. The molecule has 4 fully saturated rings. The highest BCUT2D eigenvalue weighted by Gasteiger charge is 2.63. The Bertz CT molecular complexity index is 4490. The molecule has 4 saturated heterocycles. The number of unbranched alkanes of at least 4 members (excludes halogenated alkanes) is 5. The quantitative estimate of drug-likeness (QED) is 0.0199. The van der Waals surface area contributed by atoms with Gasteiger partial charge in [0.25, 0.3) is 0 Å². The molecule has 0 aliphatic carbocycles. The molecule has 0 bridgehead atoms. The van der Waals surface area contributed by atoms with Gasteiger partial charge < -0.3 is 37.9 Å². The van der Waals surface area contributed by atoms with Gasteiger partial charge in [-0.3, -0.25) is 59.2 Å². The lowest BCUT2D eigenvalue weighted by molar-refractivity contribution is -0.380. The molecule has 105 heavy (non-hydrogen) atoms. The van der Waals surface area contributed by atoms with Gasteiger partial charge in [0.2, 0.25) is 0 Å². The van der Waals surface area contributed by atoms with E-state index in [-0.39, 0.29) is 12.8 Å². The molecule has 0 radical (unpaired) electrons. The molecule has 20 atom stereocenters. The minimum atomic E-state index is -6.87. The fourth-order valence-corrected chi connectivity index (χ4v) is 15.1. The summed E-state index contributed by atoms with van der Waals surface area (Å²) in [5.41, 5.74) is 0. The molecule has 0 aromatic heterocycles. The fraction of sp³-hybridized carbons (Fsp3) is 1.00. The van der Waals surface area contributed by atoms with Gasteiger partial charge in [0.1, 0.15) is 73.2 Å². The van der Waals surface area contributed by atoms with Crippen LogP contribution in [0.25, 0.3) is 0 Å². The second-order valence-corrected chi connectivity index (χ2v) is 34.2. The van der Waals surface area contributed by atoms with Crippen molar-refractivity contribution in [1.29, 1.82) is 0 Å². The second kappa shape index (κ2) is 36.9. The third kappa shape index (κ3) is 36.1. The maximum atomic E-state index is 13.1. The van der Waals surface area contributed by atoms with E-state index in [2.05, 4.69) is 54.4 Å². The van der Waals surface area contributed by atoms with Gasteiger partial charge in [0, 0.05) is 6.61 Å². The second-order valence-electron chi connectivity index (χ2n) is 20.4. The zero-order chi connectivity index (χ0) is 80.7. The summed E-state index contributed by atoms with van der Waals surface area (Å²) in [5.74, 6) is 0. The van der Waals surface area contributed by atoms with E-state index in [1.807, 2.05) is 0 Å². The molecule has 0 aromatic carbocycles. The van der Waals surface area contributed by atoms with Gasteiger partial charge in [-0.1, -0.05) is 39.0 Å². The SMILES string of the molecule is CCCCCCCCO[C@@H]1O[C@H](COS(=O)(=O)O)[C@@H](OS(=O)(=O)O)[C@H](O[C@@H]2O[C@H](COS(=O)(=O)O)[C@@H](OS(=O)(=O)O)[C@H](O[C@@H]3O[C@H](COS(=O)(=O)O)[C@@H](OS(=O)(=O)O)[C@H](O[C@@H]4O[C@H](COS(=O)(=O)O)[C@@H](OS(=O)(=O)O)[C@H](OS(=O)(=O)O)[C@H]4OS(=O)(=O)O)[C@H]3OS(=O)(=O)O)[C@H]2OS(=O)(=O)O)[C@H]1OS(=O)(=O)O. The zero-order valence-corrected chi connectivity index (χ0v) is 61.2. The van der Waals surface area contributed by atoms with Crippen LogP contribution in [0.5, 0.6) is 0 Å². The van der Waals surface area contributed by atoms with Crippen LogP contribution in [0.1, 0.15) is 45.4 Å². The van der Waals surface area contributed by atoms with E-state index in [9.17, 15) is 169 Å². The molecule has 73 heteroatoms. The van der Waals surface area contributed by atoms with E-state index >= 15 is 0 Å². The average molecular weight is 1820 g/mol. The van der Waals surface area contributed by atoms with Gasteiger partial charge in [0.15, 0.2) is 49.6 Å². The van der Waals surface area contributed by atoms with Crippen LogP contribution in [0.15, 0.2) is 0 Å². The summed E-state index contributed by atoms with van der Waals surface area (Å²) in [6, 6.07) is 0. The molecule has 4 aliphatic rings. The van der Waals surface area contributed by atoms with Crippen LogP contribution >= 0.6 is 0 Å². The summed E-state index contributed by atoms with van der Waals surface area (Å²) in [4.78, 5) is 0. The number of hydrogen-bond donors (Lipinski definition) is 13. The lowest BCUT2D eigenvalue weighted by atomic mass is 9.95. The van der Waals surface area contributed by atoms with Crippen LogP contribution < -0.4 is 0 Å². The maximum Gasteiger partial charge on any atom is 0.397 e. The molecule has 624 valence electrons. The van der Waals surface area contributed by atoms with Gasteiger partial charge >= 0.3 is 135 Å². The predicted octanol–water partition coefficient (Wildman–Crippen LogP) is -8.61. The summed E-state index contributed by atoms with van der Waals surface area (Å²) in [5, 5.41) is 0. The lowest BCUT2D eigenvalue weighted by Crippen LogP contribution is -2.70. The summed E-state index contributed by atoms with van der Waals surface area (Å²) in [7, 11) is -83.6. The first-order chi connectivity index (χ1) is 47.1. The average Bonchev–Trinajstić information content (AvgIpc) is 0.755. The van der Waals surface area contributed by atoms with Crippen molar-refractivity contribution in [3.8, 4) is 0 Å². The van der Waals surface area contributed by atoms with Crippen molar-refractivity contribution >= 4 is 135 Å². The Kier molecular flexibility index (Phi) is 33.5. The van der Waals surface area contributed by atoms with Crippen LogP contribution in [-0.2, 0) is 227 Å². The summed E-state index contributed by atoms with van der Waals surface area (Å²) < 4.78 is 552. The van der Waals surface area contributed by atoms with Crippen LogP contribution in [0, 0.1) is 0 Å². The van der Waals surface area contributed by atoms with E-state index in [0.29, 0.717) is 25.7 Å². The van der Waals surface area contributed by atoms with E-state index in [0.717, 1.165) is 0 Å². The van der Waals surface area contributed by atoms with Crippen LogP contribution in [0.2, 0.25) is 0 Å². The molecular formula is C32H58O60S13. The monoisotopic (exact) mass is 1820 g/mol. The lowest BCUT2D eigenvalue weighted by Gasteiger charge is -2.51. The number of ether oxygens (including phenoxy) is 8. The Balaban J connectivity index is 2.29. The van der Waals surface area contributed by atoms with E-state index < -0.39 is 291 Å². The summed E-state index contributed by atoms with van der Waals surface area (Å²) >= 11 is 0. The van der Waals surface area contributed by atoms with Gasteiger partial charge in [-0.25, -0.2) is 54.4 Å². The molecular weight excluding hydrogens is 1760 g/mol. The highest BCUT2D eigenvalue weighted by atomic mass is 32.3. The maximum absolute atomic E-state index is 13.1.